The van der Waals surface area contributed by atoms with Crippen LogP contribution in [0.15, 0.2) is 36.7 Å². The molecule has 0 saturated carbocycles. The van der Waals surface area contributed by atoms with E-state index in [4.69, 9.17) is 4.74 Å². The van der Waals surface area contributed by atoms with Gasteiger partial charge in [-0.15, -0.1) is 0 Å². The summed E-state index contributed by atoms with van der Waals surface area (Å²) in [5, 5.41) is 10.0. The SMILES string of the molecule is COCc1ncc(CN2C[C@@H](c3cccc(O)c3)[C@@H]3[C@H]2C2CCN3CC2)cn1. The number of fused-ring (bicyclic) bond motifs is 2. The fourth-order valence-electron chi connectivity index (χ4n) is 5.67. The van der Waals surface area contributed by atoms with Gasteiger partial charge in [0.05, 0.1) is 0 Å². The first kappa shape index (κ1) is 18.0. The van der Waals surface area contributed by atoms with Crippen LogP contribution in [0.2, 0.25) is 0 Å². The summed E-state index contributed by atoms with van der Waals surface area (Å²) in [4.78, 5) is 14.2. The fraction of sp³-hybridized carbons (Fsp3) is 0.545. The van der Waals surface area contributed by atoms with E-state index in [9.17, 15) is 5.11 Å². The summed E-state index contributed by atoms with van der Waals surface area (Å²) in [5.74, 6) is 2.30. The zero-order valence-electron chi connectivity index (χ0n) is 16.4. The number of likely N-dealkylation sites (tertiary alicyclic amines) is 1. The van der Waals surface area contributed by atoms with Crippen molar-refractivity contribution in [3.8, 4) is 5.75 Å². The molecule has 0 amide bonds. The molecule has 4 saturated heterocycles. The van der Waals surface area contributed by atoms with E-state index >= 15 is 0 Å². The standard InChI is InChI=1S/C22H28N4O2/c1-28-14-20-23-10-15(11-24-20)12-26-13-19(17-3-2-4-18(27)9-17)22-21(26)16-5-7-25(22)8-6-16/h2-4,9-11,16,19,21-22,27H,5-8,12-14H2,1H3/t19-,21+,22+/m0/s1. The number of benzene rings is 1. The number of aromatic hydroxyl groups is 1. The van der Waals surface area contributed by atoms with E-state index in [0.29, 0.717) is 30.4 Å². The van der Waals surface area contributed by atoms with Crippen LogP contribution in [0.5, 0.6) is 5.75 Å². The largest absolute Gasteiger partial charge is 0.508 e. The number of rotatable bonds is 5. The zero-order chi connectivity index (χ0) is 19.1. The Morgan fingerprint density at radius 1 is 1.14 bits per heavy atom. The Morgan fingerprint density at radius 2 is 1.93 bits per heavy atom. The molecule has 1 aromatic heterocycles. The zero-order valence-corrected chi connectivity index (χ0v) is 16.4. The number of methoxy groups -OCH3 is 1. The van der Waals surface area contributed by atoms with Crippen molar-refractivity contribution in [2.24, 2.45) is 5.92 Å². The van der Waals surface area contributed by atoms with Gasteiger partial charge < -0.3 is 9.84 Å². The molecule has 2 aromatic rings. The second-order valence-electron chi connectivity index (χ2n) is 8.43. The van der Waals surface area contributed by atoms with Crippen molar-refractivity contribution in [3.63, 3.8) is 0 Å². The van der Waals surface area contributed by atoms with Crippen molar-refractivity contribution in [1.82, 2.24) is 19.8 Å². The van der Waals surface area contributed by atoms with Gasteiger partial charge in [0.1, 0.15) is 12.4 Å². The number of piperidine rings is 3. The normalized spacial score (nSPS) is 31.8. The lowest BCUT2D eigenvalue weighted by molar-refractivity contribution is -0.00875. The predicted molar refractivity (Wildman–Crippen MR) is 106 cm³/mol. The molecule has 5 heterocycles. The van der Waals surface area contributed by atoms with Crippen LogP contribution in [0.25, 0.3) is 0 Å². The Labute approximate surface area is 166 Å². The number of phenolic OH excluding ortho intramolecular Hbond substituents is 1. The monoisotopic (exact) mass is 380 g/mol. The first-order valence-electron chi connectivity index (χ1n) is 10.3. The van der Waals surface area contributed by atoms with Crippen LogP contribution in [0.4, 0.5) is 0 Å². The van der Waals surface area contributed by atoms with Crippen LogP contribution in [0.1, 0.15) is 35.7 Å². The minimum absolute atomic E-state index is 0.366. The second kappa shape index (κ2) is 7.43. The Bertz CT molecular complexity index is 820. The van der Waals surface area contributed by atoms with Crippen molar-refractivity contribution in [2.45, 2.75) is 44.0 Å². The summed E-state index contributed by atoms with van der Waals surface area (Å²) in [6, 6.07) is 8.99. The summed E-state index contributed by atoms with van der Waals surface area (Å²) >= 11 is 0. The summed E-state index contributed by atoms with van der Waals surface area (Å²) in [6.07, 6.45) is 6.49. The molecule has 6 heteroatoms. The molecule has 4 aliphatic rings. The topological polar surface area (TPSA) is 61.7 Å². The number of hydrogen-bond acceptors (Lipinski definition) is 6. The van der Waals surface area contributed by atoms with E-state index in [1.165, 1.54) is 31.5 Å². The molecule has 0 spiro atoms. The molecule has 1 aromatic carbocycles. The Hall–Kier alpha value is -2.02. The van der Waals surface area contributed by atoms with Crippen LogP contribution < -0.4 is 0 Å². The van der Waals surface area contributed by atoms with E-state index < -0.39 is 0 Å². The number of aromatic nitrogens is 2. The smallest absolute Gasteiger partial charge is 0.153 e. The Balaban J connectivity index is 1.41. The third-order valence-corrected chi connectivity index (χ3v) is 6.81. The third kappa shape index (κ3) is 3.19. The molecule has 0 unspecified atom stereocenters. The van der Waals surface area contributed by atoms with E-state index in [2.05, 4.69) is 25.8 Å². The van der Waals surface area contributed by atoms with Gasteiger partial charge in [0.25, 0.3) is 0 Å². The maximum absolute atomic E-state index is 10.0. The highest BCUT2D eigenvalue weighted by Crippen LogP contribution is 2.47. The van der Waals surface area contributed by atoms with E-state index in [1.54, 1.807) is 13.2 Å². The predicted octanol–water partition coefficient (Wildman–Crippen LogP) is 2.39. The van der Waals surface area contributed by atoms with E-state index in [1.807, 2.05) is 24.5 Å². The van der Waals surface area contributed by atoms with Gasteiger partial charge in [-0.05, 0) is 49.5 Å². The highest BCUT2D eigenvalue weighted by atomic mass is 16.5. The lowest BCUT2D eigenvalue weighted by Gasteiger charge is -2.51. The molecule has 0 radical (unpaired) electrons. The molecule has 0 aliphatic carbocycles. The van der Waals surface area contributed by atoms with Crippen molar-refractivity contribution in [1.29, 1.82) is 0 Å². The lowest BCUT2D eigenvalue weighted by atomic mass is 9.75. The average molecular weight is 380 g/mol. The molecule has 4 fully saturated rings. The Kier molecular flexibility index (Phi) is 4.78. The first-order chi connectivity index (χ1) is 13.7. The van der Waals surface area contributed by atoms with Gasteiger partial charge in [-0.2, -0.15) is 0 Å². The maximum Gasteiger partial charge on any atom is 0.153 e. The van der Waals surface area contributed by atoms with Gasteiger partial charge in [-0.25, -0.2) is 9.97 Å². The summed E-state index contributed by atoms with van der Waals surface area (Å²) in [7, 11) is 1.66. The molecule has 6 nitrogen and oxygen atoms in total. The van der Waals surface area contributed by atoms with E-state index in [-0.39, 0.29) is 0 Å². The molecule has 4 aliphatic heterocycles. The van der Waals surface area contributed by atoms with Gasteiger partial charge >= 0.3 is 0 Å². The average Bonchev–Trinajstić information content (AvgIpc) is 3.12. The molecule has 28 heavy (non-hydrogen) atoms. The number of nitrogens with zero attached hydrogens (tertiary/aromatic N) is 4. The van der Waals surface area contributed by atoms with Crippen molar-refractivity contribution < 1.29 is 9.84 Å². The fourth-order valence-corrected chi connectivity index (χ4v) is 5.67. The van der Waals surface area contributed by atoms with Crippen LogP contribution in [-0.4, -0.2) is 63.7 Å². The molecule has 6 rings (SSSR count). The van der Waals surface area contributed by atoms with Crippen molar-refractivity contribution >= 4 is 0 Å². The maximum atomic E-state index is 10.0. The summed E-state index contributed by atoms with van der Waals surface area (Å²) in [6.45, 7) is 4.78. The van der Waals surface area contributed by atoms with Crippen LogP contribution >= 0.6 is 0 Å². The van der Waals surface area contributed by atoms with E-state index in [0.717, 1.165) is 30.4 Å². The summed E-state index contributed by atoms with van der Waals surface area (Å²) < 4.78 is 5.12. The van der Waals surface area contributed by atoms with Gasteiger partial charge in [0, 0.05) is 56.2 Å². The highest BCUT2D eigenvalue weighted by Gasteiger charge is 2.53. The van der Waals surface area contributed by atoms with Gasteiger partial charge in [0.15, 0.2) is 5.82 Å². The summed E-state index contributed by atoms with van der Waals surface area (Å²) in [5.41, 5.74) is 2.42. The van der Waals surface area contributed by atoms with Gasteiger partial charge in [0.2, 0.25) is 0 Å². The number of phenols is 1. The highest BCUT2D eigenvalue weighted by molar-refractivity contribution is 5.33. The quantitative estimate of drug-likeness (QED) is 0.859. The first-order valence-corrected chi connectivity index (χ1v) is 10.3. The molecule has 1 N–H and O–H groups in total. The molecular weight excluding hydrogens is 352 g/mol. The second-order valence-corrected chi connectivity index (χ2v) is 8.43. The third-order valence-electron chi connectivity index (χ3n) is 6.81. The molecular formula is C22H28N4O2. The van der Waals surface area contributed by atoms with Crippen LogP contribution in [0.3, 0.4) is 0 Å². The van der Waals surface area contributed by atoms with Gasteiger partial charge in [-0.3, -0.25) is 9.80 Å². The lowest BCUT2D eigenvalue weighted by Crippen LogP contribution is -2.59. The minimum atomic E-state index is 0.366. The number of hydrogen-bond donors (Lipinski definition) is 1. The van der Waals surface area contributed by atoms with Crippen molar-refractivity contribution in [2.75, 3.05) is 26.7 Å². The van der Waals surface area contributed by atoms with Crippen LogP contribution in [-0.2, 0) is 17.9 Å². The minimum Gasteiger partial charge on any atom is -0.508 e. The molecule has 3 atom stereocenters. The Morgan fingerprint density at radius 3 is 2.64 bits per heavy atom. The van der Waals surface area contributed by atoms with Crippen LogP contribution in [0, 0.1) is 5.92 Å². The molecule has 148 valence electrons. The molecule has 2 bridgehead atoms. The number of ether oxygens (including phenoxy) is 1. The van der Waals surface area contributed by atoms with Gasteiger partial charge in [-0.1, -0.05) is 12.1 Å². The van der Waals surface area contributed by atoms with Crippen molar-refractivity contribution in [3.05, 3.63) is 53.6 Å².